The normalized spacial score (nSPS) is 19.1. The van der Waals surface area contributed by atoms with Crippen LogP contribution >= 0.6 is 0 Å². The topological polar surface area (TPSA) is 58.4 Å². The van der Waals surface area contributed by atoms with E-state index in [2.05, 4.69) is 5.10 Å². The molecule has 0 radical (unpaired) electrons. The summed E-state index contributed by atoms with van der Waals surface area (Å²) < 4.78 is 1.75. The molecule has 1 saturated heterocycles. The predicted molar refractivity (Wildman–Crippen MR) is 88.7 cm³/mol. The highest BCUT2D eigenvalue weighted by molar-refractivity contribution is 5.95. The lowest BCUT2D eigenvalue weighted by Crippen LogP contribution is -2.37. The molecule has 2 unspecified atom stereocenters. The van der Waals surface area contributed by atoms with E-state index in [0.29, 0.717) is 12.0 Å². The minimum Gasteiger partial charge on any atom is -0.393 e. The van der Waals surface area contributed by atoms with Crippen LogP contribution in [0.4, 0.5) is 0 Å². The highest BCUT2D eigenvalue weighted by Crippen LogP contribution is 2.25. The monoisotopic (exact) mass is 313 g/mol. The minimum atomic E-state index is -0.387. The predicted octanol–water partition coefficient (Wildman–Crippen LogP) is 2.56. The van der Waals surface area contributed by atoms with Gasteiger partial charge in [-0.05, 0) is 45.2 Å². The average Bonchev–Trinajstić information content (AvgIpc) is 3.14. The Balaban J connectivity index is 1.84. The molecular formula is C18H23N3O2. The molecule has 122 valence electrons. The number of benzene rings is 1. The summed E-state index contributed by atoms with van der Waals surface area (Å²) in [6, 6.07) is 9.91. The van der Waals surface area contributed by atoms with Crippen LogP contribution in [-0.2, 0) is 0 Å². The molecule has 1 aromatic heterocycles. The third-order valence-electron chi connectivity index (χ3n) is 4.40. The quantitative estimate of drug-likeness (QED) is 0.944. The largest absolute Gasteiger partial charge is 0.393 e. The van der Waals surface area contributed by atoms with Crippen LogP contribution in [0.1, 0.15) is 42.2 Å². The zero-order valence-corrected chi connectivity index (χ0v) is 13.6. The van der Waals surface area contributed by atoms with Crippen LogP contribution in [0, 0.1) is 6.92 Å². The lowest BCUT2D eigenvalue weighted by molar-refractivity contribution is 0.0681. The lowest BCUT2D eigenvalue weighted by atomic mass is 10.1. The zero-order chi connectivity index (χ0) is 16.4. The van der Waals surface area contributed by atoms with Crippen LogP contribution in [0.5, 0.6) is 0 Å². The molecule has 0 aliphatic carbocycles. The second-order valence-corrected chi connectivity index (χ2v) is 6.29. The van der Waals surface area contributed by atoms with E-state index in [-0.39, 0.29) is 18.1 Å². The third kappa shape index (κ3) is 3.29. The number of amides is 1. The summed E-state index contributed by atoms with van der Waals surface area (Å²) in [5.41, 5.74) is 2.32. The molecule has 0 spiro atoms. The van der Waals surface area contributed by atoms with Gasteiger partial charge in [-0.3, -0.25) is 4.79 Å². The van der Waals surface area contributed by atoms with Gasteiger partial charge in [-0.2, -0.15) is 5.10 Å². The van der Waals surface area contributed by atoms with Crippen LogP contribution in [0.25, 0.3) is 5.69 Å². The molecule has 1 aromatic carbocycles. The number of rotatable bonds is 4. The van der Waals surface area contributed by atoms with Crippen molar-refractivity contribution in [2.24, 2.45) is 0 Å². The summed E-state index contributed by atoms with van der Waals surface area (Å²) in [5.74, 6) is 0.0211. The number of carbonyl (C=O) groups is 1. The second-order valence-electron chi connectivity index (χ2n) is 6.29. The molecular weight excluding hydrogens is 290 g/mol. The Labute approximate surface area is 136 Å². The van der Waals surface area contributed by atoms with Gasteiger partial charge in [0.05, 0.1) is 23.0 Å². The first kappa shape index (κ1) is 15.7. The first-order valence-corrected chi connectivity index (χ1v) is 8.17. The Morgan fingerprint density at radius 1 is 1.39 bits per heavy atom. The molecule has 1 aliphatic rings. The van der Waals surface area contributed by atoms with Crippen molar-refractivity contribution < 1.29 is 9.90 Å². The number of para-hydroxylation sites is 1. The van der Waals surface area contributed by atoms with Crippen molar-refractivity contribution in [2.75, 3.05) is 6.54 Å². The average molecular weight is 313 g/mol. The van der Waals surface area contributed by atoms with Gasteiger partial charge in [-0.25, -0.2) is 4.68 Å². The van der Waals surface area contributed by atoms with Crippen molar-refractivity contribution in [1.29, 1.82) is 0 Å². The van der Waals surface area contributed by atoms with E-state index < -0.39 is 0 Å². The molecule has 3 rings (SSSR count). The summed E-state index contributed by atoms with van der Waals surface area (Å²) in [5, 5.41) is 14.1. The van der Waals surface area contributed by atoms with Crippen molar-refractivity contribution in [3.63, 3.8) is 0 Å². The van der Waals surface area contributed by atoms with Crippen molar-refractivity contribution in [1.82, 2.24) is 14.7 Å². The van der Waals surface area contributed by atoms with Gasteiger partial charge < -0.3 is 10.0 Å². The second kappa shape index (κ2) is 6.54. The summed E-state index contributed by atoms with van der Waals surface area (Å²) in [7, 11) is 0. The number of carbonyl (C=O) groups excluding carboxylic acids is 1. The fourth-order valence-electron chi connectivity index (χ4n) is 3.28. The Kier molecular flexibility index (Phi) is 4.48. The van der Waals surface area contributed by atoms with Gasteiger partial charge in [0.2, 0.25) is 0 Å². The minimum absolute atomic E-state index is 0.0211. The summed E-state index contributed by atoms with van der Waals surface area (Å²) in [6.45, 7) is 4.40. The Morgan fingerprint density at radius 3 is 2.83 bits per heavy atom. The first-order chi connectivity index (χ1) is 11.1. The third-order valence-corrected chi connectivity index (χ3v) is 4.40. The van der Waals surface area contributed by atoms with Crippen LogP contribution in [-0.4, -0.2) is 44.4 Å². The van der Waals surface area contributed by atoms with Gasteiger partial charge in [0.1, 0.15) is 0 Å². The molecule has 5 heteroatoms. The number of nitrogens with zero attached hydrogens (tertiary/aromatic N) is 3. The smallest absolute Gasteiger partial charge is 0.257 e. The van der Waals surface area contributed by atoms with Gasteiger partial charge in [0.25, 0.3) is 5.91 Å². The fourth-order valence-corrected chi connectivity index (χ4v) is 3.28. The van der Waals surface area contributed by atoms with Crippen LogP contribution < -0.4 is 0 Å². The standard InChI is InChI=1S/C18H23N3O2/c1-13(22)11-16-9-6-10-20(16)18(23)17-12-21(19-14(17)2)15-7-4-3-5-8-15/h3-5,7-8,12-13,16,22H,6,9-11H2,1-2H3. The van der Waals surface area contributed by atoms with E-state index >= 15 is 0 Å². The Hall–Kier alpha value is -2.14. The van der Waals surface area contributed by atoms with E-state index in [4.69, 9.17) is 0 Å². The van der Waals surface area contributed by atoms with Gasteiger partial charge in [0, 0.05) is 18.8 Å². The molecule has 1 amide bonds. The molecule has 23 heavy (non-hydrogen) atoms. The number of aliphatic hydroxyl groups is 1. The van der Waals surface area contributed by atoms with Gasteiger partial charge in [0.15, 0.2) is 0 Å². The highest BCUT2D eigenvalue weighted by Gasteiger charge is 2.31. The van der Waals surface area contributed by atoms with Crippen molar-refractivity contribution >= 4 is 5.91 Å². The SMILES string of the molecule is Cc1nn(-c2ccccc2)cc1C(=O)N1CCCC1CC(C)O. The number of hydrogen-bond acceptors (Lipinski definition) is 3. The lowest BCUT2D eigenvalue weighted by Gasteiger charge is -2.25. The van der Waals surface area contributed by atoms with Crippen molar-refractivity contribution in [3.8, 4) is 5.69 Å². The van der Waals surface area contributed by atoms with E-state index in [9.17, 15) is 9.90 Å². The number of aliphatic hydroxyl groups excluding tert-OH is 1. The van der Waals surface area contributed by atoms with E-state index in [1.165, 1.54) is 0 Å². The maximum absolute atomic E-state index is 12.9. The maximum Gasteiger partial charge on any atom is 0.257 e. The van der Waals surface area contributed by atoms with Gasteiger partial charge >= 0.3 is 0 Å². The van der Waals surface area contributed by atoms with Crippen LogP contribution in [0.3, 0.4) is 0 Å². The fraction of sp³-hybridized carbons (Fsp3) is 0.444. The van der Waals surface area contributed by atoms with E-state index in [1.807, 2.05) is 48.4 Å². The number of aryl methyl sites for hydroxylation is 1. The number of aromatic nitrogens is 2. The van der Waals surface area contributed by atoms with Crippen LogP contribution in [0.2, 0.25) is 0 Å². The van der Waals surface area contributed by atoms with Crippen molar-refractivity contribution in [3.05, 3.63) is 47.8 Å². The molecule has 5 nitrogen and oxygen atoms in total. The van der Waals surface area contributed by atoms with Gasteiger partial charge in [-0.1, -0.05) is 18.2 Å². The molecule has 1 aliphatic heterocycles. The molecule has 0 bridgehead atoms. The Morgan fingerprint density at radius 2 is 2.13 bits per heavy atom. The zero-order valence-electron chi connectivity index (χ0n) is 13.6. The molecule has 0 saturated carbocycles. The van der Waals surface area contributed by atoms with E-state index in [0.717, 1.165) is 30.8 Å². The summed E-state index contributed by atoms with van der Waals surface area (Å²) >= 11 is 0. The molecule has 2 atom stereocenters. The highest BCUT2D eigenvalue weighted by atomic mass is 16.3. The number of likely N-dealkylation sites (tertiary alicyclic amines) is 1. The van der Waals surface area contributed by atoms with Gasteiger partial charge in [-0.15, -0.1) is 0 Å². The summed E-state index contributed by atoms with van der Waals surface area (Å²) in [6.07, 6.45) is 4.02. The number of hydrogen-bond donors (Lipinski definition) is 1. The molecule has 1 fully saturated rings. The summed E-state index contributed by atoms with van der Waals surface area (Å²) in [4.78, 5) is 14.8. The van der Waals surface area contributed by atoms with E-state index in [1.54, 1.807) is 11.6 Å². The molecule has 1 N–H and O–H groups in total. The molecule has 2 heterocycles. The Bertz CT molecular complexity index is 679. The first-order valence-electron chi connectivity index (χ1n) is 8.17. The molecule has 2 aromatic rings. The van der Waals surface area contributed by atoms with Crippen molar-refractivity contribution in [2.45, 2.75) is 45.3 Å². The maximum atomic E-state index is 12.9. The van der Waals surface area contributed by atoms with Crippen LogP contribution in [0.15, 0.2) is 36.5 Å².